The number of benzene rings is 1. The van der Waals surface area contributed by atoms with Crippen LogP contribution in [0.5, 0.6) is 0 Å². The molecule has 1 aliphatic carbocycles. The van der Waals surface area contributed by atoms with Crippen molar-refractivity contribution in [2.75, 3.05) is 4.72 Å². The summed E-state index contributed by atoms with van der Waals surface area (Å²) in [6, 6.07) is 10.3. The Labute approximate surface area is 195 Å². The maximum Gasteiger partial charge on any atom is 0.235 e. The molecule has 3 heterocycles. The molecule has 7 nitrogen and oxygen atoms in total. The van der Waals surface area contributed by atoms with Crippen LogP contribution in [0, 0.1) is 5.82 Å². The lowest BCUT2D eigenvalue weighted by Crippen LogP contribution is -2.24. The SMILES string of the molecule is C=C(/C=c1\c(=C/N)[nH]c2ncc(F)c(-c3ccc(NS(=O)(=O)C4CC4)cc3)c12)c1cccnc1. The molecule has 0 saturated heterocycles. The van der Waals surface area contributed by atoms with Gasteiger partial charge in [-0.05, 0) is 53.8 Å². The lowest BCUT2D eigenvalue weighted by atomic mass is 10.0. The van der Waals surface area contributed by atoms with Crippen molar-refractivity contribution >= 4 is 44.6 Å². The van der Waals surface area contributed by atoms with Gasteiger partial charge in [-0.2, -0.15) is 0 Å². The Morgan fingerprint density at radius 2 is 1.97 bits per heavy atom. The zero-order chi connectivity index (χ0) is 23.9. The summed E-state index contributed by atoms with van der Waals surface area (Å²) in [5, 5.41) is 1.44. The van der Waals surface area contributed by atoms with Crippen LogP contribution in [0.25, 0.3) is 40.0 Å². The smallest absolute Gasteiger partial charge is 0.235 e. The predicted molar refractivity (Wildman–Crippen MR) is 133 cm³/mol. The van der Waals surface area contributed by atoms with E-state index in [1.54, 1.807) is 36.7 Å². The number of sulfonamides is 1. The molecule has 1 fully saturated rings. The van der Waals surface area contributed by atoms with Crippen molar-refractivity contribution in [3.05, 3.63) is 83.5 Å². The van der Waals surface area contributed by atoms with Crippen molar-refractivity contribution < 1.29 is 12.8 Å². The lowest BCUT2D eigenvalue weighted by molar-refractivity contribution is 0.600. The van der Waals surface area contributed by atoms with E-state index in [2.05, 4.69) is 26.3 Å². The van der Waals surface area contributed by atoms with Crippen molar-refractivity contribution in [2.45, 2.75) is 18.1 Å². The van der Waals surface area contributed by atoms with E-state index in [9.17, 15) is 8.42 Å². The maximum absolute atomic E-state index is 15.2. The summed E-state index contributed by atoms with van der Waals surface area (Å²) in [7, 11) is -3.38. The molecule has 1 aliphatic rings. The number of pyridine rings is 2. The number of aromatic nitrogens is 3. The minimum absolute atomic E-state index is 0.330. The molecular formula is C25H22FN5O2S. The van der Waals surface area contributed by atoms with Crippen molar-refractivity contribution in [2.24, 2.45) is 5.73 Å². The Hall–Kier alpha value is -3.98. The van der Waals surface area contributed by atoms with E-state index in [0.29, 0.717) is 56.8 Å². The van der Waals surface area contributed by atoms with Crippen LogP contribution < -0.4 is 21.0 Å². The normalized spacial score (nSPS) is 15.1. The molecule has 0 radical (unpaired) electrons. The van der Waals surface area contributed by atoms with Gasteiger partial charge in [0.1, 0.15) is 11.5 Å². The van der Waals surface area contributed by atoms with Crippen LogP contribution >= 0.6 is 0 Å². The molecule has 0 spiro atoms. The Morgan fingerprint density at radius 3 is 2.62 bits per heavy atom. The summed E-state index contributed by atoms with van der Waals surface area (Å²) in [5.41, 5.74) is 9.16. The standard InChI is InChI=1S/C25H22FN5O2S/c1-15(17-3-2-10-28-13-17)11-20-22(12-27)30-25-24(20)23(21(26)14-29-25)16-4-6-18(7-5-16)31-34(32,33)19-8-9-19/h2-7,10-14,19,31H,1,8-9,27H2,(H,29,30)/b20-11+,22-12+. The van der Waals surface area contributed by atoms with Crippen molar-refractivity contribution in [1.29, 1.82) is 0 Å². The average molecular weight is 476 g/mol. The van der Waals surface area contributed by atoms with E-state index < -0.39 is 15.8 Å². The summed E-state index contributed by atoms with van der Waals surface area (Å²) in [4.78, 5) is 11.5. The van der Waals surface area contributed by atoms with Crippen molar-refractivity contribution in [3.63, 3.8) is 0 Å². The van der Waals surface area contributed by atoms with E-state index in [1.165, 1.54) is 6.20 Å². The molecule has 1 aromatic carbocycles. The molecule has 0 bridgehead atoms. The van der Waals surface area contributed by atoms with Crippen LogP contribution in [-0.2, 0) is 10.0 Å². The number of fused-ring (bicyclic) bond motifs is 1. The molecule has 4 N–H and O–H groups in total. The molecule has 9 heteroatoms. The molecule has 0 aliphatic heterocycles. The van der Waals surface area contributed by atoms with Gasteiger partial charge < -0.3 is 10.7 Å². The third kappa shape index (κ3) is 4.06. The third-order valence-electron chi connectivity index (χ3n) is 5.76. The van der Waals surface area contributed by atoms with Crippen molar-refractivity contribution in [3.8, 4) is 11.1 Å². The number of rotatable bonds is 6. The summed E-state index contributed by atoms with van der Waals surface area (Å²) >= 11 is 0. The van der Waals surface area contributed by atoms with Gasteiger partial charge in [-0.3, -0.25) is 9.71 Å². The molecule has 0 amide bonds. The first-order valence-electron chi connectivity index (χ1n) is 10.7. The van der Waals surface area contributed by atoms with Gasteiger partial charge in [0.25, 0.3) is 0 Å². The Bertz CT molecular complexity index is 1620. The number of anilines is 1. The van der Waals surface area contributed by atoms with Gasteiger partial charge in [0, 0.05) is 40.4 Å². The molecule has 34 heavy (non-hydrogen) atoms. The second-order valence-corrected chi connectivity index (χ2v) is 10.1. The maximum atomic E-state index is 15.2. The first-order chi connectivity index (χ1) is 16.4. The molecule has 3 aromatic heterocycles. The van der Waals surface area contributed by atoms with Gasteiger partial charge in [-0.15, -0.1) is 0 Å². The van der Waals surface area contributed by atoms with Gasteiger partial charge in [0.05, 0.1) is 16.8 Å². The Kier molecular flexibility index (Phi) is 5.41. The lowest BCUT2D eigenvalue weighted by Gasteiger charge is -2.09. The fourth-order valence-electron chi connectivity index (χ4n) is 3.88. The summed E-state index contributed by atoms with van der Waals surface area (Å²) in [6.45, 7) is 4.13. The van der Waals surface area contributed by atoms with Gasteiger partial charge in [-0.1, -0.05) is 24.8 Å². The summed E-state index contributed by atoms with van der Waals surface area (Å²) in [5.74, 6) is -0.511. The fourth-order valence-corrected chi connectivity index (χ4v) is 5.27. The van der Waals surface area contributed by atoms with Crippen LogP contribution in [0.2, 0.25) is 0 Å². The molecule has 1 saturated carbocycles. The highest BCUT2D eigenvalue weighted by molar-refractivity contribution is 7.93. The number of halogens is 1. The van der Waals surface area contributed by atoms with Crippen molar-refractivity contribution in [1.82, 2.24) is 15.0 Å². The van der Waals surface area contributed by atoms with Crippen LogP contribution in [0.1, 0.15) is 18.4 Å². The molecule has 5 rings (SSSR count). The van der Waals surface area contributed by atoms with E-state index in [0.717, 1.165) is 11.8 Å². The van der Waals surface area contributed by atoms with Gasteiger partial charge in [0.15, 0.2) is 0 Å². The third-order valence-corrected chi connectivity index (χ3v) is 7.63. The Morgan fingerprint density at radius 1 is 1.21 bits per heavy atom. The highest BCUT2D eigenvalue weighted by atomic mass is 32.2. The average Bonchev–Trinajstić information content (AvgIpc) is 3.64. The van der Waals surface area contributed by atoms with E-state index in [-0.39, 0.29) is 5.25 Å². The summed E-state index contributed by atoms with van der Waals surface area (Å²) in [6.07, 6.45) is 9.08. The van der Waals surface area contributed by atoms with Crippen LogP contribution in [-0.4, -0.2) is 28.6 Å². The number of nitrogens with one attached hydrogen (secondary N) is 2. The monoisotopic (exact) mass is 475 g/mol. The number of allylic oxidation sites excluding steroid dienone is 1. The highest BCUT2D eigenvalue weighted by Crippen LogP contribution is 2.32. The molecule has 172 valence electrons. The molecular weight excluding hydrogens is 453 g/mol. The van der Waals surface area contributed by atoms with Crippen LogP contribution in [0.3, 0.4) is 0 Å². The molecule has 4 aromatic rings. The number of nitrogens with two attached hydrogens (primary N) is 1. The van der Waals surface area contributed by atoms with E-state index >= 15 is 4.39 Å². The second kappa shape index (κ2) is 8.42. The van der Waals surface area contributed by atoms with Crippen LogP contribution in [0.15, 0.2) is 61.6 Å². The quantitative estimate of drug-likeness (QED) is 0.397. The first kappa shape index (κ1) is 21.8. The Balaban J connectivity index is 1.65. The van der Waals surface area contributed by atoms with Gasteiger partial charge in [0.2, 0.25) is 10.0 Å². The second-order valence-electron chi connectivity index (χ2n) is 8.16. The van der Waals surface area contributed by atoms with E-state index in [1.807, 2.05) is 18.2 Å². The minimum Gasteiger partial charge on any atom is -0.403 e. The minimum atomic E-state index is -3.38. The summed E-state index contributed by atoms with van der Waals surface area (Å²) < 4.78 is 42.2. The highest BCUT2D eigenvalue weighted by Gasteiger charge is 2.35. The number of nitrogens with zero attached hydrogens (tertiary/aromatic N) is 2. The number of aromatic amines is 1. The topological polar surface area (TPSA) is 114 Å². The molecule has 0 unspecified atom stereocenters. The van der Waals surface area contributed by atoms with Crippen LogP contribution in [0.4, 0.5) is 10.1 Å². The van der Waals surface area contributed by atoms with E-state index in [4.69, 9.17) is 5.73 Å². The zero-order valence-electron chi connectivity index (χ0n) is 18.1. The van der Waals surface area contributed by atoms with Gasteiger partial charge >= 0.3 is 0 Å². The number of H-pyrrole nitrogens is 1. The number of hydrogen-bond donors (Lipinski definition) is 3. The largest absolute Gasteiger partial charge is 0.403 e. The number of hydrogen-bond acceptors (Lipinski definition) is 5. The first-order valence-corrected chi connectivity index (χ1v) is 12.2. The van der Waals surface area contributed by atoms with Gasteiger partial charge in [-0.25, -0.2) is 17.8 Å². The predicted octanol–water partition coefficient (Wildman–Crippen LogP) is 2.86. The fraction of sp³-hybridized carbons (Fsp3) is 0.120. The zero-order valence-corrected chi connectivity index (χ0v) is 18.9. The molecule has 0 atom stereocenters.